The van der Waals surface area contributed by atoms with Crippen LogP contribution in [0.15, 0.2) is 24.5 Å². The van der Waals surface area contributed by atoms with Crippen LogP contribution in [0.3, 0.4) is 0 Å². The molecule has 12 heteroatoms. The summed E-state index contributed by atoms with van der Waals surface area (Å²) in [6, 6.07) is 2.48. The number of benzene rings is 1. The molecule has 1 fully saturated rings. The van der Waals surface area contributed by atoms with Gasteiger partial charge in [0.25, 0.3) is 5.91 Å². The second-order valence-electron chi connectivity index (χ2n) is 7.27. The van der Waals surface area contributed by atoms with Gasteiger partial charge in [-0.25, -0.2) is 23.9 Å². The number of carboxylic acids is 1. The molecule has 2 aromatic rings. The number of nitrogens with two attached hydrogens (primary N) is 1. The Morgan fingerprint density at radius 1 is 1.25 bits per heavy atom. The van der Waals surface area contributed by atoms with E-state index in [0.29, 0.717) is 0 Å². The molecule has 0 radical (unpaired) electrons. The summed E-state index contributed by atoms with van der Waals surface area (Å²) in [5.74, 6) is -2.34. The predicted octanol–water partition coefficient (Wildman–Crippen LogP) is 1.34. The van der Waals surface area contributed by atoms with E-state index in [2.05, 4.69) is 9.97 Å². The molecule has 3 N–H and O–H groups in total. The molecule has 11 nitrogen and oxygen atoms in total. The first kappa shape index (κ1) is 21.3. The number of anilines is 3. The molecule has 2 aliphatic rings. The number of halogens is 1. The van der Waals surface area contributed by atoms with E-state index in [4.69, 9.17) is 10.5 Å². The van der Waals surface area contributed by atoms with Gasteiger partial charge in [0.05, 0.1) is 12.2 Å². The van der Waals surface area contributed by atoms with E-state index in [1.165, 1.54) is 33.2 Å². The quantitative estimate of drug-likeness (QED) is 0.704. The van der Waals surface area contributed by atoms with E-state index in [1.54, 1.807) is 6.92 Å². The predicted molar refractivity (Wildman–Crippen MR) is 111 cm³/mol. The number of aliphatic carboxylic acids is 1. The highest BCUT2D eigenvalue weighted by atomic mass is 19.1. The van der Waals surface area contributed by atoms with Gasteiger partial charge in [0.15, 0.2) is 0 Å². The molecule has 3 heterocycles. The molecule has 0 saturated carbocycles. The van der Waals surface area contributed by atoms with Gasteiger partial charge in [0.2, 0.25) is 5.88 Å². The topological polar surface area (TPSA) is 142 Å². The van der Waals surface area contributed by atoms with Crippen LogP contribution in [-0.4, -0.2) is 70.2 Å². The minimum absolute atomic E-state index is 0.000810. The van der Waals surface area contributed by atoms with E-state index in [-0.39, 0.29) is 61.3 Å². The Labute approximate surface area is 182 Å². The third kappa shape index (κ3) is 3.53. The first-order valence-corrected chi connectivity index (χ1v) is 9.99. The summed E-state index contributed by atoms with van der Waals surface area (Å²) >= 11 is 0. The van der Waals surface area contributed by atoms with Crippen LogP contribution in [0, 0.1) is 5.82 Å². The molecule has 3 amide bonds. The summed E-state index contributed by atoms with van der Waals surface area (Å²) in [6.07, 6.45) is 1.43. The molecule has 1 atom stereocenters. The Bertz CT molecular complexity index is 1100. The smallest absolute Gasteiger partial charge is 0.326 e. The van der Waals surface area contributed by atoms with Crippen LogP contribution in [0.4, 0.5) is 26.4 Å². The molecule has 1 aromatic heterocycles. The molecule has 0 aliphatic carbocycles. The number of aromatic nitrogens is 2. The number of rotatable bonds is 5. The summed E-state index contributed by atoms with van der Waals surface area (Å²) in [7, 11) is 0. The zero-order chi connectivity index (χ0) is 23.0. The van der Waals surface area contributed by atoms with Crippen molar-refractivity contribution >= 4 is 35.1 Å². The van der Waals surface area contributed by atoms with Gasteiger partial charge in [0.1, 0.15) is 36.2 Å². The molecular weight excluding hydrogens is 423 g/mol. The Morgan fingerprint density at radius 3 is 2.72 bits per heavy atom. The fourth-order valence-electron chi connectivity index (χ4n) is 3.89. The maximum absolute atomic E-state index is 15.1. The number of nitrogen functional groups attached to an aromatic ring is 1. The zero-order valence-corrected chi connectivity index (χ0v) is 17.2. The van der Waals surface area contributed by atoms with Crippen LogP contribution in [0.25, 0.3) is 0 Å². The molecular formula is C20H21FN6O5. The number of hydrogen-bond donors (Lipinski definition) is 2. The van der Waals surface area contributed by atoms with E-state index >= 15 is 4.39 Å². The van der Waals surface area contributed by atoms with Crippen molar-refractivity contribution in [2.75, 3.05) is 41.8 Å². The van der Waals surface area contributed by atoms with Crippen molar-refractivity contribution in [3.8, 4) is 5.88 Å². The van der Waals surface area contributed by atoms with Crippen molar-refractivity contribution in [1.82, 2.24) is 14.9 Å². The number of urea groups is 1. The fraction of sp³-hybridized carbons (Fsp3) is 0.350. The number of fused-ring (bicyclic) bond motifs is 1. The summed E-state index contributed by atoms with van der Waals surface area (Å²) < 4.78 is 20.5. The Kier molecular flexibility index (Phi) is 5.51. The van der Waals surface area contributed by atoms with Crippen LogP contribution in [0.1, 0.15) is 23.7 Å². The first-order chi connectivity index (χ1) is 15.3. The lowest BCUT2D eigenvalue weighted by Crippen LogP contribution is -2.43. The van der Waals surface area contributed by atoms with Gasteiger partial charge >= 0.3 is 12.0 Å². The van der Waals surface area contributed by atoms with E-state index in [9.17, 15) is 19.5 Å². The molecule has 2 aliphatic heterocycles. The molecule has 32 heavy (non-hydrogen) atoms. The highest BCUT2D eigenvalue weighted by molar-refractivity contribution is 6.10. The SMILES string of the molecule is CCC(C(=O)O)N1CCN(c2ccc(N3CCOc4ncnc(N)c4C3=O)cc2F)C1=O. The molecule has 1 saturated heterocycles. The van der Waals surface area contributed by atoms with Crippen molar-refractivity contribution in [2.45, 2.75) is 19.4 Å². The molecule has 0 bridgehead atoms. The van der Waals surface area contributed by atoms with Crippen molar-refractivity contribution in [1.29, 1.82) is 0 Å². The van der Waals surface area contributed by atoms with Crippen molar-refractivity contribution < 1.29 is 28.6 Å². The number of ether oxygens (including phenoxy) is 1. The minimum atomic E-state index is -1.11. The molecule has 0 spiro atoms. The first-order valence-electron chi connectivity index (χ1n) is 9.99. The van der Waals surface area contributed by atoms with Gasteiger partial charge in [-0.2, -0.15) is 0 Å². The van der Waals surface area contributed by atoms with Crippen LogP contribution >= 0.6 is 0 Å². The standard InChI is InChI=1S/C20H21FN6O5/c1-2-13(19(29)30)26-5-6-27(20(26)31)14-4-3-11(9-12(14)21)25-7-8-32-17-15(18(25)28)16(22)23-10-24-17/h3-4,9-10,13H,2,5-8H2,1H3,(H,29,30)(H2,22,23,24). The monoisotopic (exact) mass is 444 g/mol. The van der Waals surface area contributed by atoms with E-state index < -0.39 is 29.8 Å². The molecule has 4 rings (SSSR count). The van der Waals surface area contributed by atoms with Crippen molar-refractivity contribution in [3.63, 3.8) is 0 Å². The van der Waals surface area contributed by atoms with E-state index in [1.807, 2.05) is 0 Å². The third-order valence-electron chi connectivity index (χ3n) is 5.48. The van der Waals surface area contributed by atoms with Crippen LogP contribution in [0.5, 0.6) is 5.88 Å². The maximum atomic E-state index is 15.1. The summed E-state index contributed by atoms with van der Waals surface area (Å²) in [5.41, 5.74) is 6.07. The highest BCUT2D eigenvalue weighted by Gasteiger charge is 2.38. The van der Waals surface area contributed by atoms with Gasteiger partial charge in [0, 0.05) is 18.8 Å². The van der Waals surface area contributed by atoms with Gasteiger partial charge in [-0.15, -0.1) is 0 Å². The molecule has 1 aromatic carbocycles. The minimum Gasteiger partial charge on any atom is -0.480 e. The fourth-order valence-corrected chi connectivity index (χ4v) is 3.89. The van der Waals surface area contributed by atoms with Crippen LogP contribution < -0.4 is 20.3 Å². The largest absolute Gasteiger partial charge is 0.480 e. The average Bonchev–Trinajstić information content (AvgIpc) is 3.02. The molecule has 168 valence electrons. The second-order valence-corrected chi connectivity index (χ2v) is 7.27. The Morgan fingerprint density at radius 2 is 2.03 bits per heavy atom. The van der Waals surface area contributed by atoms with Crippen molar-refractivity contribution in [3.05, 3.63) is 35.9 Å². The summed E-state index contributed by atoms with van der Waals surface area (Å²) in [5, 5.41) is 9.33. The summed E-state index contributed by atoms with van der Waals surface area (Å²) in [6.45, 7) is 2.23. The van der Waals surface area contributed by atoms with Gasteiger partial charge < -0.3 is 25.4 Å². The number of carbonyl (C=O) groups is 3. The highest BCUT2D eigenvalue weighted by Crippen LogP contribution is 2.32. The average molecular weight is 444 g/mol. The van der Waals surface area contributed by atoms with Crippen molar-refractivity contribution in [2.24, 2.45) is 0 Å². The van der Waals surface area contributed by atoms with Gasteiger partial charge in [-0.05, 0) is 24.6 Å². The lowest BCUT2D eigenvalue weighted by atomic mass is 10.2. The lowest BCUT2D eigenvalue weighted by molar-refractivity contribution is -0.142. The number of carbonyl (C=O) groups excluding carboxylic acids is 2. The van der Waals surface area contributed by atoms with Crippen LogP contribution in [-0.2, 0) is 4.79 Å². The third-order valence-corrected chi connectivity index (χ3v) is 5.48. The number of carboxylic acid groups (broad SMARTS) is 1. The van der Waals surface area contributed by atoms with Crippen LogP contribution in [0.2, 0.25) is 0 Å². The lowest BCUT2D eigenvalue weighted by Gasteiger charge is -2.25. The summed E-state index contributed by atoms with van der Waals surface area (Å²) in [4.78, 5) is 48.6. The zero-order valence-electron chi connectivity index (χ0n) is 17.2. The number of hydrogen-bond acceptors (Lipinski definition) is 7. The van der Waals surface area contributed by atoms with E-state index in [0.717, 1.165) is 6.07 Å². The molecule has 1 unspecified atom stereocenters. The number of amides is 3. The van der Waals surface area contributed by atoms with Gasteiger partial charge in [-0.1, -0.05) is 6.92 Å². The Balaban J connectivity index is 1.61. The normalized spacial score (nSPS) is 17.1. The number of nitrogens with zero attached hydrogens (tertiary/aromatic N) is 5. The Hall–Kier alpha value is -3.96. The second kappa shape index (κ2) is 8.29. The van der Waals surface area contributed by atoms with Gasteiger partial charge in [-0.3, -0.25) is 9.69 Å². The maximum Gasteiger partial charge on any atom is 0.326 e.